The zero-order chi connectivity index (χ0) is 17.7. The van der Waals surface area contributed by atoms with Crippen molar-refractivity contribution in [2.45, 2.75) is 0 Å². The maximum atomic E-state index is 12.3. The van der Waals surface area contributed by atoms with Crippen molar-refractivity contribution in [1.29, 1.82) is 0 Å². The van der Waals surface area contributed by atoms with E-state index in [0.717, 1.165) is 38.6 Å². The van der Waals surface area contributed by atoms with E-state index >= 15 is 0 Å². The van der Waals surface area contributed by atoms with Gasteiger partial charge in [-0.1, -0.05) is 35.0 Å². The lowest BCUT2D eigenvalue weighted by Gasteiger charge is -2.05. The van der Waals surface area contributed by atoms with Crippen molar-refractivity contribution in [3.63, 3.8) is 0 Å². The first kappa shape index (κ1) is 14.9. The SMILES string of the molecule is O=c1cc(-c2cccc(-c3ncon3)c2)c2[nH]c3ccc(Cl)cc3c2[nH]1. The van der Waals surface area contributed by atoms with Crippen LogP contribution in [0.5, 0.6) is 0 Å². The Morgan fingerprint density at radius 2 is 1.85 bits per heavy atom. The summed E-state index contributed by atoms with van der Waals surface area (Å²) in [5.41, 5.74) is 4.77. The summed E-state index contributed by atoms with van der Waals surface area (Å²) in [7, 11) is 0. The molecule has 0 spiro atoms. The number of fused-ring (bicyclic) bond motifs is 3. The van der Waals surface area contributed by atoms with E-state index in [1.54, 1.807) is 6.07 Å². The number of halogens is 1. The molecule has 126 valence electrons. The molecular weight excluding hydrogens is 352 g/mol. The predicted octanol–water partition coefficient (Wildman–Crippen LogP) is 4.38. The molecule has 0 aliphatic heterocycles. The third-order valence-electron chi connectivity index (χ3n) is 4.35. The smallest absolute Gasteiger partial charge is 0.249 e. The molecule has 0 unspecified atom stereocenters. The van der Waals surface area contributed by atoms with Crippen LogP contribution in [0, 0.1) is 0 Å². The monoisotopic (exact) mass is 362 g/mol. The van der Waals surface area contributed by atoms with Gasteiger partial charge in [0, 0.05) is 33.1 Å². The number of nitrogens with one attached hydrogen (secondary N) is 2. The summed E-state index contributed by atoms with van der Waals surface area (Å²) in [6, 6.07) is 14.8. The predicted molar refractivity (Wildman–Crippen MR) is 100 cm³/mol. The number of pyridine rings is 1. The summed E-state index contributed by atoms with van der Waals surface area (Å²) in [6.07, 6.45) is 1.29. The van der Waals surface area contributed by atoms with Crippen molar-refractivity contribution in [1.82, 2.24) is 20.1 Å². The van der Waals surface area contributed by atoms with Crippen LogP contribution < -0.4 is 5.56 Å². The fraction of sp³-hybridized carbons (Fsp3) is 0. The van der Waals surface area contributed by atoms with E-state index in [-0.39, 0.29) is 5.56 Å². The first-order valence-corrected chi connectivity index (χ1v) is 8.28. The van der Waals surface area contributed by atoms with Crippen LogP contribution >= 0.6 is 11.6 Å². The number of H-pyrrole nitrogens is 2. The molecule has 26 heavy (non-hydrogen) atoms. The van der Waals surface area contributed by atoms with E-state index in [0.29, 0.717) is 10.8 Å². The molecule has 6 nitrogen and oxygen atoms in total. The van der Waals surface area contributed by atoms with Gasteiger partial charge in [0.05, 0.1) is 11.0 Å². The van der Waals surface area contributed by atoms with Crippen LogP contribution in [0.25, 0.3) is 44.5 Å². The first-order valence-electron chi connectivity index (χ1n) is 7.90. The molecule has 2 aromatic carbocycles. The first-order chi connectivity index (χ1) is 12.7. The number of aromatic amines is 2. The summed E-state index contributed by atoms with van der Waals surface area (Å²) in [4.78, 5) is 22.6. The van der Waals surface area contributed by atoms with Crippen molar-refractivity contribution < 1.29 is 4.52 Å². The molecule has 0 saturated heterocycles. The number of nitrogens with zero attached hydrogens (tertiary/aromatic N) is 2. The van der Waals surface area contributed by atoms with Crippen LogP contribution in [0.4, 0.5) is 0 Å². The highest BCUT2D eigenvalue weighted by atomic mass is 35.5. The zero-order valence-electron chi connectivity index (χ0n) is 13.3. The maximum absolute atomic E-state index is 12.3. The van der Waals surface area contributed by atoms with E-state index < -0.39 is 0 Å². The topological polar surface area (TPSA) is 87.6 Å². The Hall–Kier alpha value is -3.38. The molecule has 0 saturated carbocycles. The molecule has 2 N–H and O–H groups in total. The number of aromatic nitrogens is 4. The molecule has 5 aromatic rings. The summed E-state index contributed by atoms with van der Waals surface area (Å²) >= 11 is 6.12. The highest BCUT2D eigenvalue weighted by Crippen LogP contribution is 2.33. The van der Waals surface area contributed by atoms with Crippen LogP contribution in [0.2, 0.25) is 5.02 Å². The normalized spacial score (nSPS) is 11.4. The molecule has 3 aromatic heterocycles. The van der Waals surface area contributed by atoms with Gasteiger partial charge in [0.25, 0.3) is 0 Å². The Morgan fingerprint density at radius 3 is 2.69 bits per heavy atom. The molecule has 0 fully saturated rings. The van der Waals surface area contributed by atoms with Crippen molar-refractivity contribution in [3.8, 4) is 22.5 Å². The number of benzene rings is 2. The van der Waals surface area contributed by atoms with E-state index in [2.05, 4.69) is 20.1 Å². The Kier molecular flexibility index (Phi) is 3.20. The fourth-order valence-corrected chi connectivity index (χ4v) is 3.38. The summed E-state index contributed by atoms with van der Waals surface area (Å²) in [6.45, 7) is 0. The van der Waals surface area contributed by atoms with Gasteiger partial charge >= 0.3 is 0 Å². The molecule has 5 rings (SSSR count). The summed E-state index contributed by atoms with van der Waals surface area (Å²) < 4.78 is 4.82. The van der Waals surface area contributed by atoms with Crippen LogP contribution in [0.15, 0.2) is 64.2 Å². The van der Waals surface area contributed by atoms with E-state index in [1.165, 1.54) is 6.39 Å². The van der Waals surface area contributed by atoms with Gasteiger partial charge in [-0.2, -0.15) is 4.98 Å². The lowest BCUT2D eigenvalue weighted by Crippen LogP contribution is -2.04. The van der Waals surface area contributed by atoms with E-state index in [9.17, 15) is 4.79 Å². The summed E-state index contributed by atoms with van der Waals surface area (Å²) in [5, 5.41) is 5.36. The van der Waals surface area contributed by atoms with Crippen LogP contribution in [-0.2, 0) is 0 Å². The molecule has 0 radical (unpaired) electrons. The van der Waals surface area contributed by atoms with Gasteiger partial charge in [0.1, 0.15) is 0 Å². The molecule has 0 atom stereocenters. The minimum atomic E-state index is -0.182. The van der Waals surface area contributed by atoms with Crippen molar-refractivity contribution in [3.05, 3.63) is 70.3 Å². The Morgan fingerprint density at radius 1 is 0.962 bits per heavy atom. The Balaban J connectivity index is 1.81. The largest absolute Gasteiger partial charge is 0.353 e. The molecule has 0 aliphatic rings. The van der Waals surface area contributed by atoms with Gasteiger partial charge in [-0.05, 0) is 29.8 Å². The van der Waals surface area contributed by atoms with Gasteiger partial charge in [0.2, 0.25) is 17.8 Å². The average Bonchev–Trinajstić information content (AvgIpc) is 3.29. The third-order valence-corrected chi connectivity index (χ3v) is 4.58. The van der Waals surface area contributed by atoms with E-state index in [4.69, 9.17) is 16.1 Å². The highest BCUT2D eigenvalue weighted by Gasteiger charge is 2.13. The minimum absolute atomic E-state index is 0.182. The fourth-order valence-electron chi connectivity index (χ4n) is 3.21. The van der Waals surface area contributed by atoms with E-state index in [1.807, 2.05) is 42.5 Å². The van der Waals surface area contributed by atoms with Crippen LogP contribution in [0.3, 0.4) is 0 Å². The second-order valence-corrected chi connectivity index (χ2v) is 6.38. The van der Waals surface area contributed by atoms with Gasteiger partial charge < -0.3 is 14.5 Å². The summed E-state index contributed by atoms with van der Waals surface area (Å²) in [5.74, 6) is 0.497. The second-order valence-electron chi connectivity index (χ2n) is 5.95. The molecule has 3 heterocycles. The minimum Gasteiger partial charge on any atom is -0.353 e. The zero-order valence-corrected chi connectivity index (χ0v) is 14.0. The van der Waals surface area contributed by atoms with Crippen molar-refractivity contribution in [2.24, 2.45) is 0 Å². The quantitative estimate of drug-likeness (QED) is 0.488. The number of hydrogen-bond donors (Lipinski definition) is 2. The van der Waals surface area contributed by atoms with Crippen LogP contribution in [-0.4, -0.2) is 20.1 Å². The standard InChI is InChI=1S/C19H11ClN4O2/c20-12-4-5-15-14(7-12)18-17(22-15)13(8-16(25)23-18)10-2-1-3-11(6-10)19-21-9-26-24-19/h1-9,22H,(H,23,25). The maximum Gasteiger partial charge on any atom is 0.249 e. The molecule has 0 aliphatic carbocycles. The van der Waals surface area contributed by atoms with Crippen molar-refractivity contribution >= 4 is 33.5 Å². The molecule has 0 amide bonds. The lowest BCUT2D eigenvalue weighted by atomic mass is 10.0. The molecular formula is C19H11ClN4O2. The number of hydrogen-bond acceptors (Lipinski definition) is 4. The Bertz CT molecular complexity index is 1320. The second kappa shape index (κ2) is 5.57. The van der Waals surface area contributed by atoms with Gasteiger partial charge in [-0.3, -0.25) is 4.79 Å². The molecule has 7 heteroatoms. The van der Waals surface area contributed by atoms with Gasteiger partial charge in [0.15, 0.2) is 0 Å². The Labute approximate surface area is 151 Å². The van der Waals surface area contributed by atoms with Gasteiger partial charge in [-0.25, -0.2) is 0 Å². The number of rotatable bonds is 2. The lowest BCUT2D eigenvalue weighted by molar-refractivity contribution is 0.419. The van der Waals surface area contributed by atoms with Gasteiger partial charge in [-0.15, -0.1) is 0 Å². The van der Waals surface area contributed by atoms with Crippen molar-refractivity contribution in [2.75, 3.05) is 0 Å². The third kappa shape index (κ3) is 2.31. The van der Waals surface area contributed by atoms with Crippen LogP contribution in [0.1, 0.15) is 0 Å². The highest BCUT2D eigenvalue weighted by molar-refractivity contribution is 6.31. The average molecular weight is 363 g/mol. The molecule has 0 bridgehead atoms.